The molecule has 1 heterocycles. The van der Waals surface area contributed by atoms with E-state index in [1.807, 2.05) is 0 Å². The van der Waals surface area contributed by atoms with E-state index in [-0.39, 0.29) is 0 Å². The van der Waals surface area contributed by atoms with Gasteiger partial charge in [-0.1, -0.05) is 46.5 Å². The lowest BCUT2D eigenvalue weighted by Crippen LogP contribution is -2.39. The highest BCUT2D eigenvalue weighted by atomic mass is 16.5. The first-order valence-corrected chi connectivity index (χ1v) is 7.68. The lowest BCUT2D eigenvalue weighted by molar-refractivity contribution is 0.0763. The molecule has 17 heavy (non-hydrogen) atoms. The molecule has 1 aliphatic heterocycles. The lowest BCUT2D eigenvalue weighted by atomic mass is 9.88. The third kappa shape index (κ3) is 4.97. The van der Waals surface area contributed by atoms with Crippen LogP contribution in [0.5, 0.6) is 0 Å². The van der Waals surface area contributed by atoms with Gasteiger partial charge in [0.15, 0.2) is 0 Å². The molecule has 0 radical (unpaired) electrons. The highest BCUT2D eigenvalue weighted by Crippen LogP contribution is 2.28. The maximum Gasteiger partial charge on any atom is 0.0616 e. The van der Waals surface area contributed by atoms with Crippen LogP contribution in [0, 0.1) is 5.92 Å². The van der Waals surface area contributed by atoms with Crippen molar-refractivity contribution in [1.29, 1.82) is 0 Å². The van der Waals surface area contributed by atoms with Crippen LogP contribution >= 0.6 is 0 Å². The fourth-order valence-electron chi connectivity index (χ4n) is 3.07. The molecule has 1 aliphatic rings. The quantitative estimate of drug-likeness (QED) is 0.621. The Labute approximate surface area is 108 Å². The van der Waals surface area contributed by atoms with Gasteiger partial charge in [0.1, 0.15) is 0 Å². The van der Waals surface area contributed by atoms with Crippen molar-refractivity contribution in [1.82, 2.24) is 5.32 Å². The highest BCUT2D eigenvalue weighted by molar-refractivity contribution is 4.85. The molecule has 1 N–H and O–H groups in total. The average Bonchev–Trinajstić information content (AvgIpc) is 2.81. The average molecular weight is 241 g/mol. The Bertz CT molecular complexity index is 184. The van der Waals surface area contributed by atoms with E-state index in [9.17, 15) is 0 Å². The topological polar surface area (TPSA) is 21.3 Å². The smallest absolute Gasteiger partial charge is 0.0616 e. The summed E-state index contributed by atoms with van der Waals surface area (Å²) < 4.78 is 5.83. The summed E-state index contributed by atoms with van der Waals surface area (Å²) in [5.41, 5.74) is 0. The van der Waals surface area contributed by atoms with Crippen LogP contribution in [0.3, 0.4) is 0 Å². The highest BCUT2D eigenvalue weighted by Gasteiger charge is 2.32. The van der Waals surface area contributed by atoms with E-state index in [4.69, 9.17) is 4.74 Å². The maximum absolute atomic E-state index is 5.83. The minimum absolute atomic E-state index is 0.505. The van der Waals surface area contributed by atoms with E-state index in [1.165, 1.54) is 44.9 Å². The minimum atomic E-state index is 0.505. The fourth-order valence-corrected chi connectivity index (χ4v) is 3.07. The SMILES string of the molecule is CCCCCCC(NCC)C1CCOC1CC. The van der Waals surface area contributed by atoms with E-state index >= 15 is 0 Å². The maximum atomic E-state index is 5.83. The van der Waals surface area contributed by atoms with Crippen molar-refractivity contribution in [3.05, 3.63) is 0 Å². The van der Waals surface area contributed by atoms with Crippen LogP contribution in [0.4, 0.5) is 0 Å². The van der Waals surface area contributed by atoms with Gasteiger partial charge in [-0.2, -0.15) is 0 Å². The summed E-state index contributed by atoms with van der Waals surface area (Å²) in [5, 5.41) is 3.69. The second-order valence-electron chi connectivity index (χ2n) is 5.28. The molecule has 0 bridgehead atoms. The predicted octanol–water partition coefficient (Wildman–Crippen LogP) is 3.75. The summed E-state index contributed by atoms with van der Waals surface area (Å²) in [6.45, 7) is 8.81. The predicted molar refractivity (Wildman–Crippen MR) is 74.4 cm³/mol. The third-order valence-electron chi connectivity index (χ3n) is 4.01. The molecular weight excluding hydrogens is 210 g/mol. The van der Waals surface area contributed by atoms with Crippen LogP contribution in [0.25, 0.3) is 0 Å². The molecule has 2 nitrogen and oxygen atoms in total. The number of hydrogen-bond donors (Lipinski definition) is 1. The summed E-state index contributed by atoms with van der Waals surface area (Å²) in [4.78, 5) is 0. The molecule has 102 valence electrons. The van der Waals surface area contributed by atoms with Crippen LogP contribution < -0.4 is 5.32 Å². The van der Waals surface area contributed by atoms with Crippen molar-refractivity contribution in [2.24, 2.45) is 5.92 Å². The Balaban J connectivity index is 2.35. The molecule has 1 fully saturated rings. The third-order valence-corrected chi connectivity index (χ3v) is 4.01. The van der Waals surface area contributed by atoms with E-state index < -0.39 is 0 Å². The molecule has 3 unspecified atom stereocenters. The van der Waals surface area contributed by atoms with Gasteiger partial charge in [0.25, 0.3) is 0 Å². The summed E-state index contributed by atoms with van der Waals surface area (Å²) in [6, 6.07) is 0.685. The monoisotopic (exact) mass is 241 g/mol. The van der Waals surface area contributed by atoms with Gasteiger partial charge in [-0.3, -0.25) is 0 Å². The summed E-state index contributed by atoms with van der Waals surface area (Å²) in [7, 11) is 0. The van der Waals surface area contributed by atoms with E-state index in [2.05, 4.69) is 26.1 Å². The van der Waals surface area contributed by atoms with Crippen molar-refractivity contribution in [3.63, 3.8) is 0 Å². The lowest BCUT2D eigenvalue weighted by Gasteiger charge is -2.28. The van der Waals surface area contributed by atoms with Gasteiger partial charge in [-0.05, 0) is 25.8 Å². The molecule has 1 rings (SSSR count). The van der Waals surface area contributed by atoms with Gasteiger partial charge in [0.05, 0.1) is 6.10 Å². The van der Waals surface area contributed by atoms with E-state index in [1.54, 1.807) is 0 Å². The van der Waals surface area contributed by atoms with E-state index in [0.717, 1.165) is 19.1 Å². The molecule has 0 aromatic rings. The molecule has 0 aromatic carbocycles. The molecule has 0 aromatic heterocycles. The Hall–Kier alpha value is -0.0800. The molecule has 3 atom stereocenters. The van der Waals surface area contributed by atoms with Crippen LogP contribution in [0.1, 0.15) is 65.7 Å². The van der Waals surface area contributed by atoms with Crippen molar-refractivity contribution in [2.45, 2.75) is 77.9 Å². The zero-order chi connectivity index (χ0) is 12.5. The van der Waals surface area contributed by atoms with E-state index in [0.29, 0.717) is 12.1 Å². The Kier molecular flexibility index (Phi) is 7.87. The largest absolute Gasteiger partial charge is 0.378 e. The van der Waals surface area contributed by atoms with Crippen molar-refractivity contribution in [2.75, 3.05) is 13.2 Å². The first-order valence-electron chi connectivity index (χ1n) is 7.68. The number of rotatable bonds is 9. The first-order chi connectivity index (χ1) is 8.33. The molecule has 0 spiro atoms. The molecule has 2 heteroatoms. The molecule has 1 saturated heterocycles. The van der Waals surface area contributed by atoms with Gasteiger partial charge in [0.2, 0.25) is 0 Å². The minimum Gasteiger partial charge on any atom is -0.378 e. The molecule has 0 amide bonds. The van der Waals surface area contributed by atoms with Gasteiger partial charge >= 0.3 is 0 Å². The fraction of sp³-hybridized carbons (Fsp3) is 1.00. The molecule has 0 saturated carbocycles. The number of ether oxygens (including phenoxy) is 1. The van der Waals surface area contributed by atoms with Gasteiger partial charge < -0.3 is 10.1 Å². The Morgan fingerprint density at radius 3 is 2.65 bits per heavy atom. The van der Waals surface area contributed by atoms with Crippen molar-refractivity contribution < 1.29 is 4.74 Å². The summed E-state index contributed by atoms with van der Waals surface area (Å²) in [6.07, 6.45) is 9.74. The molecular formula is C15H31NO. The van der Waals surface area contributed by atoms with Crippen LogP contribution in [-0.4, -0.2) is 25.3 Å². The first kappa shape index (κ1) is 15.0. The van der Waals surface area contributed by atoms with Crippen LogP contribution in [0.2, 0.25) is 0 Å². The van der Waals surface area contributed by atoms with Gasteiger partial charge in [0, 0.05) is 18.6 Å². The van der Waals surface area contributed by atoms with Gasteiger partial charge in [-0.25, -0.2) is 0 Å². The van der Waals surface area contributed by atoms with Crippen LogP contribution in [-0.2, 0) is 4.74 Å². The number of nitrogens with one attached hydrogen (secondary N) is 1. The van der Waals surface area contributed by atoms with Crippen LogP contribution in [0.15, 0.2) is 0 Å². The number of unbranched alkanes of at least 4 members (excludes halogenated alkanes) is 3. The zero-order valence-electron chi connectivity index (χ0n) is 12.0. The van der Waals surface area contributed by atoms with Gasteiger partial charge in [-0.15, -0.1) is 0 Å². The second-order valence-corrected chi connectivity index (χ2v) is 5.28. The standard InChI is InChI=1S/C15H31NO/c1-4-7-8-9-10-14(16-6-3)13-11-12-17-15(13)5-2/h13-16H,4-12H2,1-3H3. The van der Waals surface area contributed by atoms with Crippen molar-refractivity contribution >= 4 is 0 Å². The second kappa shape index (κ2) is 8.93. The van der Waals surface area contributed by atoms with Crippen molar-refractivity contribution in [3.8, 4) is 0 Å². The molecule has 0 aliphatic carbocycles. The summed E-state index contributed by atoms with van der Waals surface area (Å²) >= 11 is 0. The normalized spacial score (nSPS) is 26.3. The Morgan fingerprint density at radius 1 is 1.18 bits per heavy atom. The number of hydrogen-bond acceptors (Lipinski definition) is 2. The zero-order valence-corrected chi connectivity index (χ0v) is 12.0. The Morgan fingerprint density at radius 2 is 2.00 bits per heavy atom. The summed E-state index contributed by atoms with van der Waals surface area (Å²) in [5.74, 6) is 0.751.